The smallest absolute Gasteiger partial charge is 0.408 e. The molecule has 4 aromatic rings. The molecule has 0 aliphatic heterocycles. The van der Waals surface area contributed by atoms with Crippen molar-refractivity contribution in [2.24, 2.45) is 0 Å². The van der Waals surface area contributed by atoms with Crippen LogP contribution in [0.4, 0.5) is 18.0 Å². The van der Waals surface area contributed by atoms with Crippen LogP contribution in [-0.4, -0.2) is 23.7 Å². The zero-order valence-corrected chi connectivity index (χ0v) is 23.4. The van der Waals surface area contributed by atoms with E-state index in [1.807, 2.05) is 42.5 Å². The van der Waals surface area contributed by atoms with E-state index in [0.717, 1.165) is 27.6 Å². The number of fused-ring (bicyclic) bond motifs is 1. The number of amides is 1. The van der Waals surface area contributed by atoms with E-state index in [9.17, 15) is 18.0 Å². The molecule has 1 unspecified atom stereocenters. The van der Waals surface area contributed by atoms with Crippen LogP contribution >= 0.6 is 0 Å². The number of rotatable bonds is 6. The molecule has 1 aliphatic carbocycles. The third-order valence-corrected chi connectivity index (χ3v) is 7.02. The highest BCUT2D eigenvalue weighted by molar-refractivity contribution is 5.97. The maximum atomic E-state index is 13.7. The lowest BCUT2D eigenvalue weighted by molar-refractivity contribution is -0.0162. The van der Waals surface area contributed by atoms with Gasteiger partial charge >= 0.3 is 6.09 Å². The Hall–Kier alpha value is -3.94. The van der Waals surface area contributed by atoms with Gasteiger partial charge in [-0.3, -0.25) is 0 Å². The van der Waals surface area contributed by atoms with Crippen molar-refractivity contribution in [3.8, 4) is 28.0 Å². The molecular weight excluding hydrogens is 531 g/mol. The molecule has 1 fully saturated rings. The molecule has 41 heavy (non-hydrogen) atoms. The zero-order chi connectivity index (χ0) is 29.2. The SMILES string of the molecule is CC(C)(C)OC(=O)NCc1cc2cc(-c3ccc(OC4CCCC(F)(F)CC4)cc3)cc(-c3ccc(F)cc3)c2o1. The van der Waals surface area contributed by atoms with Gasteiger partial charge in [0.2, 0.25) is 5.92 Å². The second kappa shape index (κ2) is 11.5. The summed E-state index contributed by atoms with van der Waals surface area (Å²) in [5, 5.41) is 3.54. The summed E-state index contributed by atoms with van der Waals surface area (Å²) >= 11 is 0. The molecule has 8 heteroatoms. The second-order valence-corrected chi connectivity index (χ2v) is 11.6. The standard InChI is InChI=1S/C33H34F3NO4/c1-32(2,3)41-31(38)37-20-28-18-24-17-23(19-29(30(24)40-28)22-6-10-25(34)11-7-22)21-8-12-27(13-9-21)39-26-5-4-15-33(35,36)16-14-26/h6-13,17-19,26H,4-5,14-16,20H2,1-3H3,(H,37,38). The normalized spacial score (nSPS) is 17.2. The minimum atomic E-state index is -2.61. The van der Waals surface area contributed by atoms with Gasteiger partial charge in [-0.2, -0.15) is 0 Å². The van der Waals surface area contributed by atoms with Crippen LogP contribution in [0.3, 0.4) is 0 Å². The molecule has 1 N–H and O–H groups in total. The number of halogens is 3. The second-order valence-electron chi connectivity index (χ2n) is 11.6. The van der Waals surface area contributed by atoms with Crippen LogP contribution in [-0.2, 0) is 11.3 Å². The summed E-state index contributed by atoms with van der Waals surface area (Å²) in [5.74, 6) is -1.76. The fraction of sp³-hybridized carbons (Fsp3) is 0.364. The van der Waals surface area contributed by atoms with Gasteiger partial charge in [0.05, 0.1) is 12.6 Å². The van der Waals surface area contributed by atoms with Gasteiger partial charge in [0.1, 0.15) is 28.5 Å². The van der Waals surface area contributed by atoms with Gasteiger partial charge in [-0.1, -0.05) is 24.3 Å². The average molecular weight is 566 g/mol. The number of alkyl halides is 2. The van der Waals surface area contributed by atoms with Crippen LogP contribution in [0.25, 0.3) is 33.2 Å². The van der Waals surface area contributed by atoms with Crippen molar-refractivity contribution in [3.05, 3.63) is 78.3 Å². The van der Waals surface area contributed by atoms with E-state index in [1.165, 1.54) is 12.1 Å². The van der Waals surface area contributed by atoms with Crippen LogP contribution in [0, 0.1) is 5.82 Å². The van der Waals surface area contributed by atoms with E-state index in [2.05, 4.69) is 5.32 Å². The summed E-state index contributed by atoms with van der Waals surface area (Å²) in [6.07, 6.45) is 0.381. The fourth-order valence-electron chi connectivity index (χ4n) is 5.04. The molecule has 5 nitrogen and oxygen atoms in total. The zero-order valence-electron chi connectivity index (χ0n) is 23.4. The van der Waals surface area contributed by atoms with Gasteiger partial charge in [-0.25, -0.2) is 18.0 Å². The van der Waals surface area contributed by atoms with Crippen molar-refractivity contribution in [3.63, 3.8) is 0 Å². The van der Waals surface area contributed by atoms with E-state index in [1.54, 1.807) is 32.9 Å². The van der Waals surface area contributed by atoms with Crippen LogP contribution in [0.15, 0.2) is 71.1 Å². The Morgan fingerprint density at radius 3 is 2.37 bits per heavy atom. The van der Waals surface area contributed by atoms with Gasteiger partial charge in [-0.15, -0.1) is 0 Å². The largest absolute Gasteiger partial charge is 0.490 e. The number of benzene rings is 3. The minimum absolute atomic E-state index is 0.0859. The molecule has 0 spiro atoms. The number of hydrogen-bond donors (Lipinski definition) is 1. The van der Waals surface area contributed by atoms with Crippen molar-refractivity contribution >= 4 is 17.1 Å². The number of carbonyl (C=O) groups is 1. The third kappa shape index (κ3) is 7.43. The molecular formula is C33H34F3NO4. The third-order valence-electron chi connectivity index (χ3n) is 7.02. The predicted octanol–water partition coefficient (Wildman–Crippen LogP) is 9.28. The number of furan rings is 1. The Morgan fingerprint density at radius 1 is 0.951 bits per heavy atom. The number of nitrogens with one attached hydrogen (secondary N) is 1. The summed E-state index contributed by atoms with van der Waals surface area (Å²) in [6.45, 7) is 5.52. The summed E-state index contributed by atoms with van der Waals surface area (Å²) in [6, 6.07) is 19.6. The van der Waals surface area contributed by atoms with Crippen molar-refractivity contribution in [1.82, 2.24) is 5.32 Å². The lowest BCUT2D eigenvalue weighted by atomic mass is 9.96. The van der Waals surface area contributed by atoms with Crippen molar-refractivity contribution in [2.75, 3.05) is 0 Å². The highest BCUT2D eigenvalue weighted by Crippen LogP contribution is 2.37. The average Bonchev–Trinajstić information content (AvgIpc) is 3.25. The lowest BCUT2D eigenvalue weighted by Crippen LogP contribution is -2.32. The Bertz CT molecular complexity index is 1500. The predicted molar refractivity (Wildman–Crippen MR) is 153 cm³/mol. The van der Waals surface area contributed by atoms with Crippen molar-refractivity contribution < 1.29 is 31.9 Å². The first-order valence-electron chi connectivity index (χ1n) is 13.9. The number of ether oxygens (including phenoxy) is 2. The molecule has 1 heterocycles. The maximum Gasteiger partial charge on any atom is 0.408 e. The molecule has 0 saturated heterocycles. The molecule has 0 bridgehead atoms. The van der Waals surface area contributed by atoms with Gasteiger partial charge in [0.15, 0.2) is 0 Å². The highest BCUT2D eigenvalue weighted by atomic mass is 19.3. The van der Waals surface area contributed by atoms with Crippen LogP contribution in [0.1, 0.15) is 58.6 Å². The van der Waals surface area contributed by atoms with Gasteiger partial charge < -0.3 is 19.2 Å². The van der Waals surface area contributed by atoms with Crippen LogP contribution in [0.5, 0.6) is 5.75 Å². The van der Waals surface area contributed by atoms with E-state index in [4.69, 9.17) is 13.9 Å². The van der Waals surface area contributed by atoms with Gasteiger partial charge in [0.25, 0.3) is 0 Å². The molecule has 3 aromatic carbocycles. The van der Waals surface area contributed by atoms with Crippen molar-refractivity contribution in [1.29, 1.82) is 0 Å². The minimum Gasteiger partial charge on any atom is -0.490 e. The summed E-state index contributed by atoms with van der Waals surface area (Å²) in [7, 11) is 0. The van der Waals surface area contributed by atoms with E-state index >= 15 is 0 Å². The molecule has 216 valence electrons. The van der Waals surface area contributed by atoms with Crippen LogP contribution < -0.4 is 10.1 Å². The Balaban J connectivity index is 1.41. The van der Waals surface area contributed by atoms with E-state index in [-0.39, 0.29) is 31.3 Å². The Labute approximate surface area is 237 Å². The summed E-state index contributed by atoms with van der Waals surface area (Å²) in [4.78, 5) is 12.2. The monoisotopic (exact) mass is 565 g/mol. The van der Waals surface area contributed by atoms with Gasteiger partial charge in [0, 0.05) is 23.8 Å². The molecule has 1 aliphatic rings. The van der Waals surface area contributed by atoms with Gasteiger partial charge in [-0.05, 0) is 99.2 Å². The van der Waals surface area contributed by atoms with E-state index in [0.29, 0.717) is 36.4 Å². The Morgan fingerprint density at radius 2 is 1.66 bits per heavy atom. The summed E-state index contributed by atoms with van der Waals surface area (Å²) in [5.41, 5.74) is 3.39. The fourth-order valence-corrected chi connectivity index (χ4v) is 5.04. The highest BCUT2D eigenvalue weighted by Gasteiger charge is 2.33. The molecule has 1 saturated carbocycles. The number of carbonyl (C=O) groups excluding carboxylic acids is 1. The van der Waals surface area contributed by atoms with Crippen molar-refractivity contribution in [2.45, 2.75) is 77.0 Å². The topological polar surface area (TPSA) is 60.7 Å². The Kier molecular flexibility index (Phi) is 8.02. The quantitative estimate of drug-likeness (QED) is 0.237. The molecule has 1 amide bonds. The maximum absolute atomic E-state index is 13.7. The first kappa shape index (κ1) is 28.6. The lowest BCUT2D eigenvalue weighted by Gasteiger charge is -2.19. The van der Waals surface area contributed by atoms with E-state index < -0.39 is 17.6 Å². The number of hydrogen-bond acceptors (Lipinski definition) is 4. The number of alkyl carbamates (subject to hydrolysis) is 1. The molecule has 0 radical (unpaired) electrons. The molecule has 1 aromatic heterocycles. The molecule has 1 atom stereocenters. The summed E-state index contributed by atoms with van der Waals surface area (Å²) < 4.78 is 58.7. The first-order chi connectivity index (χ1) is 19.4. The van der Waals surface area contributed by atoms with Crippen LogP contribution in [0.2, 0.25) is 0 Å². The molecule has 5 rings (SSSR count). The first-order valence-corrected chi connectivity index (χ1v) is 13.9.